The van der Waals surface area contributed by atoms with E-state index in [1.54, 1.807) is 11.3 Å². The lowest BCUT2D eigenvalue weighted by molar-refractivity contribution is -0.136. The molecule has 0 spiro atoms. The number of hydrogen-bond donors (Lipinski definition) is 0. The molecular weight excluding hydrogens is 454 g/mol. The summed E-state index contributed by atoms with van der Waals surface area (Å²) in [4.78, 5) is 33.3. The first-order valence-electron chi connectivity index (χ1n) is 12.0. The van der Waals surface area contributed by atoms with Gasteiger partial charge >= 0.3 is 0 Å². The predicted molar refractivity (Wildman–Crippen MR) is 133 cm³/mol. The summed E-state index contributed by atoms with van der Waals surface area (Å²) in [6, 6.07) is 4.18. The van der Waals surface area contributed by atoms with E-state index in [0.717, 1.165) is 53.9 Å². The van der Waals surface area contributed by atoms with Gasteiger partial charge in [-0.15, -0.1) is 22.7 Å². The molecule has 33 heavy (non-hydrogen) atoms. The molecule has 3 aromatic rings. The van der Waals surface area contributed by atoms with Crippen LogP contribution in [0.3, 0.4) is 0 Å². The highest BCUT2D eigenvalue weighted by Crippen LogP contribution is 2.41. The molecule has 0 radical (unpaired) electrons. The van der Waals surface area contributed by atoms with Crippen LogP contribution in [0.5, 0.6) is 0 Å². The van der Waals surface area contributed by atoms with E-state index in [-0.39, 0.29) is 5.91 Å². The Balaban J connectivity index is 1.25. The van der Waals surface area contributed by atoms with Crippen molar-refractivity contribution < 1.29 is 9.53 Å². The van der Waals surface area contributed by atoms with E-state index >= 15 is 0 Å². The van der Waals surface area contributed by atoms with Crippen LogP contribution in [-0.2, 0) is 22.4 Å². The number of aromatic nitrogens is 2. The number of amides is 1. The molecule has 174 valence electrons. The van der Waals surface area contributed by atoms with Crippen LogP contribution in [0.2, 0.25) is 0 Å². The number of morpholine rings is 1. The van der Waals surface area contributed by atoms with Gasteiger partial charge in [-0.2, -0.15) is 0 Å². The number of fused-ring (bicyclic) bond motifs is 3. The molecule has 7 nitrogen and oxygen atoms in total. The van der Waals surface area contributed by atoms with Crippen molar-refractivity contribution in [3.05, 3.63) is 28.0 Å². The number of anilines is 1. The third-order valence-electron chi connectivity index (χ3n) is 6.93. The van der Waals surface area contributed by atoms with E-state index in [1.807, 2.05) is 16.2 Å². The second-order valence-electron chi connectivity index (χ2n) is 9.00. The Morgan fingerprint density at radius 1 is 1.03 bits per heavy atom. The number of carbonyl (C=O) groups excluding carboxylic acids is 1. The van der Waals surface area contributed by atoms with Gasteiger partial charge in [0, 0.05) is 44.1 Å². The average Bonchev–Trinajstić information content (AvgIpc) is 3.53. The number of hydrogen-bond acceptors (Lipinski definition) is 8. The van der Waals surface area contributed by atoms with Gasteiger partial charge in [0.05, 0.1) is 30.0 Å². The van der Waals surface area contributed by atoms with Gasteiger partial charge in [0.2, 0.25) is 5.91 Å². The van der Waals surface area contributed by atoms with Gasteiger partial charge in [-0.3, -0.25) is 9.69 Å². The number of carbonyl (C=O) groups is 1. The maximum Gasteiger partial charge on any atom is 0.236 e. The maximum absolute atomic E-state index is 12.7. The maximum atomic E-state index is 12.7. The first-order valence-corrected chi connectivity index (χ1v) is 13.6. The Morgan fingerprint density at radius 3 is 2.64 bits per heavy atom. The van der Waals surface area contributed by atoms with Crippen molar-refractivity contribution >= 4 is 44.6 Å². The Labute approximate surface area is 202 Å². The van der Waals surface area contributed by atoms with Crippen LogP contribution in [-0.4, -0.2) is 84.7 Å². The fourth-order valence-corrected chi connectivity index (χ4v) is 7.02. The summed E-state index contributed by atoms with van der Waals surface area (Å²) in [5.41, 5.74) is 1.49. The zero-order valence-corrected chi connectivity index (χ0v) is 20.4. The van der Waals surface area contributed by atoms with Crippen LogP contribution in [0.25, 0.3) is 20.9 Å². The molecule has 2 fully saturated rings. The number of aryl methyl sites for hydroxylation is 2. The van der Waals surface area contributed by atoms with Crippen LogP contribution < -0.4 is 4.90 Å². The molecule has 0 N–H and O–H groups in total. The standard InChI is InChI=1S/C24H29N5O2S2/c30-20(28-11-13-31-14-12-28)16-27-7-9-29(10-8-27)23-21-17-4-1-2-5-18(17)33-24(21)26-22(25-23)19-6-3-15-32-19/h3,6,15H,1-2,4-5,7-14,16H2. The minimum absolute atomic E-state index is 0.225. The minimum atomic E-state index is 0.225. The Morgan fingerprint density at radius 2 is 1.85 bits per heavy atom. The van der Waals surface area contributed by atoms with Gasteiger partial charge in [-0.1, -0.05) is 6.07 Å². The van der Waals surface area contributed by atoms with E-state index < -0.39 is 0 Å². The van der Waals surface area contributed by atoms with Crippen molar-refractivity contribution in [3.8, 4) is 10.7 Å². The highest BCUT2D eigenvalue weighted by atomic mass is 32.1. The molecule has 0 aromatic carbocycles. The molecule has 3 aliphatic rings. The van der Waals surface area contributed by atoms with Gasteiger partial charge in [-0.05, 0) is 42.7 Å². The van der Waals surface area contributed by atoms with Crippen molar-refractivity contribution in [2.75, 3.05) is 63.9 Å². The summed E-state index contributed by atoms with van der Waals surface area (Å²) in [5, 5.41) is 3.37. The second kappa shape index (κ2) is 9.29. The van der Waals surface area contributed by atoms with Crippen molar-refractivity contribution in [2.45, 2.75) is 25.7 Å². The van der Waals surface area contributed by atoms with Crippen LogP contribution in [0.15, 0.2) is 17.5 Å². The summed E-state index contributed by atoms with van der Waals surface area (Å²) >= 11 is 3.57. The molecule has 2 aliphatic heterocycles. The monoisotopic (exact) mass is 483 g/mol. The van der Waals surface area contributed by atoms with E-state index in [9.17, 15) is 4.79 Å². The highest BCUT2D eigenvalue weighted by Gasteiger charge is 2.28. The largest absolute Gasteiger partial charge is 0.378 e. The number of rotatable bonds is 4. The molecule has 9 heteroatoms. The lowest BCUT2D eigenvalue weighted by Crippen LogP contribution is -2.51. The third kappa shape index (κ3) is 4.27. The summed E-state index contributed by atoms with van der Waals surface area (Å²) in [6.45, 7) is 6.76. The quantitative estimate of drug-likeness (QED) is 0.568. The highest BCUT2D eigenvalue weighted by molar-refractivity contribution is 7.19. The summed E-state index contributed by atoms with van der Waals surface area (Å²) in [5.74, 6) is 2.17. The first kappa shape index (κ1) is 21.5. The summed E-state index contributed by atoms with van der Waals surface area (Å²) in [6.07, 6.45) is 4.83. The van der Waals surface area contributed by atoms with Crippen molar-refractivity contribution in [1.29, 1.82) is 0 Å². The molecule has 1 aliphatic carbocycles. The number of piperazine rings is 1. The molecule has 5 heterocycles. The molecule has 3 aromatic heterocycles. The molecule has 2 saturated heterocycles. The molecule has 0 bridgehead atoms. The van der Waals surface area contributed by atoms with Crippen LogP contribution >= 0.6 is 22.7 Å². The SMILES string of the molecule is O=C(CN1CCN(c2nc(-c3cccs3)nc3sc4c(c23)CCCC4)CC1)N1CCOCC1. The Kier molecular flexibility index (Phi) is 6.04. The minimum Gasteiger partial charge on any atom is -0.378 e. The lowest BCUT2D eigenvalue weighted by atomic mass is 9.97. The predicted octanol–water partition coefficient (Wildman–Crippen LogP) is 3.28. The van der Waals surface area contributed by atoms with E-state index in [4.69, 9.17) is 14.7 Å². The van der Waals surface area contributed by atoms with Gasteiger partial charge in [-0.25, -0.2) is 9.97 Å². The molecular formula is C24H29N5O2S2. The molecule has 1 amide bonds. The normalized spacial score (nSPS) is 19.8. The van der Waals surface area contributed by atoms with Crippen LogP contribution in [0, 0.1) is 0 Å². The lowest BCUT2D eigenvalue weighted by Gasteiger charge is -2.37. The third-order valence-corrected chi connectivity index (χ3v) is 8.98. The van der Waals surface area contributed by atoms with Gasteiger partial charge in [0.25, 0.3) is 0 Å². The smallest absolute Gasteiger partial charge is 0.236 e. The number of ether oxygens (including phenoxy) is 1. The fourth-order valence-electron chi connectivity index (χ4n) is 5.10. The number of thiophene rings is 2. The average molecular weight is 484 g/mol. The number of nitrogens with zero attached hydrogens (tertiary/aromatic N) is 5. The summed E-state index contributed by atoms with van der Waals surface area (Å²) in [7, 11) is 0. The van der Waals surface area contributed by atoms with E-state index in [0.29, 0.717) is 32.8 Å². The molecule has 0 atom stereocenters. The fraction of sp³-hybridized carbons (Fsp3) is 0.542. The Bertz CT molecular complexity index is 1130. The zero-order chi connectivity index (χ0) is 22.2. The first-order chi connectivity index (χ1) is 16.3. The topological polar surface area (TPSA) is 61.8 Å². The van der Waals surface area contributed by atoms with Gasteiger partial charge < -0.3 is 14.5 Å². The van der Waals surface area contributed by atoms with E-state index in [1.165, 1.54) is 35.1 Å². The van der Waals surface area contributed by atoms with Crippen molar-refractivity contribution in [2.24, 2.45) is 0 Å². The van der Waals surface area contributed by atoms with Gasteiger partial charge in [0.1, 0.15) is 10.6 Å². The molecule has 6 rings (SSSR count). The summed E-state index contributed by atoms with van der Waals surface area (Å²) < 4.78 is 5.38. The zero-order valence-electron chi connectivity index (χ0n) is 18.8. The van der Waals surface area contributed by atoms with Gasteiger partial charge in [0.15, 0.2) is 5.82 Å². The van der Waals surface area contributed by atoms with Crippen molar-refractivity contribution in [1.82, 2.24) is 19.8 Å². The van der Waals surface area contributed by atoms with Crippen molar-refractivity contribution in [3.63, 3.8) is 0 Å². The molecule has 0 unspecified atom stereocenters. The Hall–Kier alpha value is -2.07. The molecule has 0 saturated carbocycles. The van der Waals surface area contributed by atoms with Crippen LogP contribution in [0.1, 0.15) is 23.3 Å². The van der Waals surface area contributed by atoms with E-state index in [2.05, 4.69) is 27.3 Å². The van der Waals surface area contributed by atoms with Crippen LogP contribution in [0.4, 0.5) is 5.82 Å². The second-order valence-corrected chi connectivity index (χ2v) is 11.0.